The number of anilines is 1. The minimum Gasteiger partial charge on any atom is -0.465 e. The Morgan fingerprint density at radius 2 is 1.53 bits per heavy atom. The number of aromatic nitrogens is 1. The molecule has 10 heteroatoms. The van der Waals surface area contributed by atoms with Gasteiger partial charge in [-0.2, -0.15) is 0 Å². The van der Waals surface area contributed by atoms with Crippen LogP contribution in [0.25, 0.3) is 22.5 Å². The molecule has 0 spiro atoms. The maximum Gasteiger partial charge on any atom is 0.409 e. The summed E-state index contributed by atoms with van der Waals surface area (Å²) in [4.78, 5) is 23.4. The van der Waals surface area contributed by atoms with Crippen LogP contribution in [0.15, 0.2) is 53.1 Å². The number of carboxylic acid groups (broad SMARTS) is 1. The molecule has 1 aromatic heterocycles. The van der Waals surface area contributed by atoms with E-state index in [1.54, 1.807) is 19.1 Å². The third-order valence-corrected chi connectivity index (χ3v) is 6.03. The quantitative estimate of drug-likeness (QED) is 0.517. The van der Waals surface area contributed by atoms with Gasteiger partial charge in [0.05, 0.1) is 11.7 Å². The van der Waals surface area contributed by atoms with E-state index < -0.39 is 27.4 Å². The predicted octanol–water partition coefficient (Wildman–Crippen LogP) is 3.51. The molecule has 2 aromatic carbocycles. The largest absolute Gasteiger partial charge is 0.465 e. The lowest BCUT2D eigenvalue weighted by molar-refractivity contribution is -0.121. The second-order valence-corrected chi connectivity index (χ2v) is 9.59. The Bertz CT molecular complexity index is 1290. The Kier molecular flexibility index (Phi) is 5.25. The van der Waals surface area contributed by atoms with E-state index in [0.29, 0.717) is 35.5 Å². The van der Waals surface area contributed by atoms with E-state index in [1.807, 2.05) is 36.4 Å². The highest BCUT2D eigenvalue weighted by Gasteiger charge is 2.51. The average Bonchev–Trinajstić information content (AvgIpc) is 3.47. The Morgan fingerprint density at radius 3 is 2.03 bits per heavy atom. The van der Waals surface area contributed by atoms with Crippen LogP contribution in [0.3, 0.4) is 0 Å². The normalized spacial score (nSPS) is 14.6. The highest BCUT2D eigenvalue weighted by molar-refractivity contribution is 7.89. The number of hydrogen-bond acceptors (Lipinski definition) is 6. The summed E-state index contributed by atoms with van der Waals surface area (Å²) in [6, 6.07) is 14.8. The van der Waals surface area contributed by atoms with Crippen LogP contribution in [0.4, 0.5) is 10.5 Å². The molecule has 3 aromatic rings. The predicted molar refractivity (Wildman–Crippen MR) is 118 cm³/mol. The lowest BCUT2D eigenvalue weighted by Gasteiger charge is -2.15. The second kappa shape index (κ2) is 7.79. The Labute approximate surface area is 184 Å². The minimum atomic E-state index is -3.61. The molecule has 0 atom stereocenters. The van der Waals surface area contributed by atoms with Crippen LogP contribution in [-0.2, 0) is 20.2 Å². The van der Waals surface area contributed by atoms with Gasteiger partial charge < -0.3 is 9.63 Å². The summed E-state index contributed by atoms with van der Waals surface area (Å²) in [5, 5.41) is 15.1. The number of rotatable bonds is 6. The number of sulfonamides is 1. The molecule has 2 amide bonds. The summed E-state index contributed by atoms with van der Waals surface area (Å²) in [6.45, 7) is 1.65. The Morgan fingerprint density at radius 1 is 1.00 bits per heavy atom. The second-order valence-electron chi connectivity index (χ2n) is 7.84. The van der Waals surface area contributed by atoms with Crippen LogP contribution in [0.2, 0.25) is 0 Å². The molecule has 9 nitrogen and oxygen atoms in total. The number of carbonyl (C=O) groups is 2. The van der Waals surface area contributed by atoms with Crippen molar-refractivity contribution in [2.45, 2.75) is 25.2 Å². The average molecular weight is 455 g/mol. The molecule has 1 fully saturated rings. The number of nitrogens with one attached hydrogen (secondary N) is 2. The van der Waals surface area contributed by atoms with Crippen molar-refractivity contribution in [2.24, 2.45) is 0 Å². The summed E-state index contributed by atoms with van der Waals surface area (Å²) in [6.07, 6.45) is 0.972. The van der Waals surface area contributed by atoms with Crippen LogP contribution in [0, 0.1) is 6.92 Å². The molecule has 0 aliphatic heterocycles. The molecule has 32 heavy (non-hydrogen) atoms. The van der Waals surface area contributed by atoms with E-state index in [2.05, 4.69) is 15.2 Å². The fourth-order valence-electron chi connectivity index (χ4n) is 3.65. The van der Waals surface area contributed by atoms with Crippen molar-refractivity contribution in [1.29, 1.82) is 0 Å². The molecule has 0 radical (unpaired) electrons. The van der Waals surface area contributed by atoms with Gasteiger partial charge in [0.25, 0.3) is 0 Å². The zero-order valence-electron chi connectivity index (χ0n) is 17.4. The molecule has 1 aliphatic carbocycles. The first-order valence-electron chi connectivity index (χ1n) is 9.79. The molecular weight excluding hydrogens is 434 g/mol. The molecule has 3 N–H and O–H groups in total. The van der Waals surface area contributed by atoms with Crippen molar-refractivity contribution in [3.05, 3.63) is 59.8 Å². The fraction of sp³-hybridized carbons (Fsp3) is 0.227. The maximum absolute atomic E-state index is 12.4. The van der Waals surface area contributed by atoms with Crippen molar-refractivity contribution in [3.8, 4) is 22.5 Å². The number of amides is 2. The number of benzene rings is 2. The topological polar surface area (TPSA) is 139 Å². The number of hydrogen-bond donors (Lipinski definition) is 3. The fourth-order valence-corrected chi connectivity index (χ4v) is 4.19. The van der Waals surface area contributed by atoms with E-state index in [-0.39, 0.29) is 0 Å². The highest BCUT2D eigenvalue weighted by Crippen LogP contribution is 2.48. The lowest BCUT2D eigenvalue weighted by Crippen LogP contribution is -2.38. The van der Waals surface area contributed by atoms with Crippen molar-refractivity contribution in [1.82, 2.24) is 9.88 Å². The van der Waals surface area contributed by atoms with Crippen molar-refractivity contribution in [2.75, 3.05) is 11.6 Å². The molecule has 1 heterocycles. The Balaban J connectivity index is 1.55. The zero-order valence-corrected chi connectivity index (χ0v) is 18.2. The third-order valence-electron chi connectivity index (χ3n) is 5.48. The molecule has 0 bridgehead atoms. The lowest BCUT2D eigenvalue weighted by atomic mass is 9.93. The molecule has 0 unspecified atom stereocenters. The first-order chi connectivity index (χ1) is 15.1. The number of carbonyl (C=O) groups excluding carboxylic acids is 1. The van der Waals surface area contributed by atoms with Gasteiger partial charge in [0.1, 0.15) is 11.4 Å². The summed E-state index contributed by atoms with van der Waals surface area (Å²) >= 11 is 0. The highest BCUT2D eigenvalue weighted by atomic mass is 32.2. The van der Waals surface area contributed by atoms with Gasteiger partial charge in [-0.05, 0) is 36.5 Å². The molecule has 0 saturated heterocycles. The van der Waals surface area contributed by atoms with Crippen LogP contribution in [0.1, 0.15) is 24.1 Å². The standard InChI is InChI=1S/C22H21N3O6S/c1-13-18(23-21(27)28)19(31-24-13)16-5-3-14(4-6-16)15-7-9-17(10-8-15)22(11-12-22)20(26)25-32(2,29)30/h3-10,23H,11-12H2,1-2H3,(H,25,26)(H,27,28). The van der Waals surface area contributed by atoms with Gasteiger partial charge in [-0.25, -0.2) is 13.2 Å². The van der Waals surface area contributed by atoms with Gasteiger partial charge >= 0.3 is 6.09 Å². The van der Waals surface area contributed by atoms with Crippen LogP contribution >= 0.6 is 0 Å². The molecule has 1 saturated carbocycles. The van der Waals surface area contributed by atoms with Crippen LogP contribution in [0.5, 0.6) is 0 Å². The SMILES string of the molecule is Cc1noc(-c2ccc(-c3ccc(C4(C(=O)NS(C)(=O)=O)CC4)cc3)cc2)c1NC(=O)O. The number of aryl methyl sites for hydroxylation is 1. The smallest absolute Gasteiger partial charge is 0.409 e. The van der Waals surface area contributed by atoms with Gasteiger partial charge in [-0.3, -0.25) is 14.8 Å². The van der Waals surface area contributed by atoms with E-state index in [1.165, 1.54) is 0 Å². The molecule has 4 rings (SSSR count). The third kappa shape index (κ3) is 4.22. The first-order valence-corrected chi connectivity index (χ1v) is 11.7. The zero-order chi connectivity index (χ0) is 23.1. The Hall–Kier alpha value is -3.66. The van der Waals surface area contributed by atoms with E-state index in [4.69, 9.17) is 9.63 Å². The minimum absolute atomic E-state index is 0.303. The van der Waals surface area contributed by atoms with Crippen molar-refractivity contribution >= 4 is 27.7 Å². The van der Waals surface area contributed by atoms with Gasteiger partial charge in [-0.1, -0.05) is 53.7 Å². The van der Waals surface area contributed by atoms with Crippen LogP contribution < -0.4 is 10.0 Å². The van der Waals surface area contributed by atoms with Gasteiger partial charge in [0, 0.05) is 5.56 Å². The van der Waals surface area contributed by atoms with E-state index >= 15 is 0 Å². The van der Waals surface area contributed by atoms with E-state index in [0.717, 1.165) is 22.9 Å². The molecule has 166 valence electrons. The van der Waals surface area contributed by atoms with E-state index in [9.17, 15) is 18.0 Å². The van der Waals surface area contributed by atoms with Gasteiger partial charge in [0.15, 0.2) is 5.76 Å². The molecular formula is C22H21N3O6S. The van der Waals surface area contributed by atoms with Crippen molar-refractivity contribution in [3.63, 3.8) is 0 Å². The van der Waals surface area contributed by atoms with Crippen LogP contribution in [-0.4, -0.2) is 36.9 Å². The summed E-state index contributed by atoms with van der Waals surface area (Å²) in [5.74, 6) is -0.162. The van der Waals surface area contributed by atoms with Crippen molar-refractivity contribution < 1.29 is 27.6 Å². The summed E-state index contributed by atoms with van der Waals surface area (Å²) in [5.41, 5.74) is 3.23. The summed E-state index contributed by atoms with van der Waals surface area (Å²) in [7, 11) is -3.61. The maximum atomic E-state index is 12.4. The first kappa shape index (κ1) is 21.6. The number of nitrogens with zero attached hydrogens (tertiary/aromatic N) is 1. The van der Waals surface area contributed by atoms with Gasteiger partial charge in [0.2, 0.25) is 15.9 Å². The molecule has 1 aliphatic rings. The monoisotopic (exact) mass is 455 g/mol. The van der Waals surface area contributed by atoms with Gasteiger partial charge in [-0.15, -0.1) is 0 Å². The summed E-state index contributed by atoms with van der Waals surface area (Å²) < 4.78 is 30.2.